The van der Waals surface area contributed by atoms with E-state index >= 15 is 0 Å². The number of nitrogens with one attached hydrogen (secondary N) is 1. The van der Waals surface area contributed by atoms with Gasteiger partial charge >= 0.3 is 0 Å². The molecular weight excluding hydrogens is 122 g/mol. The van der Waals surface area contributed by atoms with Gasteiger partial charge in [0.1, 0.15) is 0 Å². The molecule has 0 aromatic rings. The molecule has 0 heterocycles. The van der Waals surface area contributed by atoms with Crippen LogP contribution in [0.25, 0.3) is 0 Å². The van der Waals surface area contributed by atoms with Crippen molar-refractivity contribution in [3.05, 3.63) is 0 Å². The van der Waals surface area contributed by atoms with Gasteiger partial charge in [-0.3, -0.25) is 0 Å². The minimum atomic E-state index is 0.524. The molecule has 0 spiro atoms. The predicted molar refractivity (Wildman–Crippen MR) is 47.2 cm³/mol. The molecule has 0 aliphatic carbocycles. The van der Waals surface area contributed by atoms with E-state index in [0.717, 1.165) is 13.1 Å². The monoisotopic (exact) mass is 143 g/mol. The molecule has 0 rings (SSSR count). The highest BCUT2D eigenvalue weighted by molar-refractivity contribution is 4.72. The first-order valence-electron chi connectivity index (χ1n) is 4.39. The van der Waals surface area contributed by atoms with E-state index in [9.17, 15) is 0 Å². The summed E-state index contributed by atoms with van der Waals surface area (Å²) in [4.78, 5) is 0. The van der Waals surface area contributed by atoms with E-state index in [1.54, 1.807) is 0 Å². The molecule has 0 aromatic carbocycles. The summed E-state index contributed by atoms with van der Waals surface area (Å²) in [5, 5.41) is 3.39. The van der Waals surface area contributed by atoms with E-state index in [1.165, 1.54) is 12.8 Å². The summed E-state index contributed by atoms with van der Waals surface area (Å²) in [6.07, 6.45) is 2.55. The average Bonchev–Trinajstić information content (AvgIpc) is 2.00. The van der Waals surface area contributed by atoms with Gasteiger partial charge in [-0.1, -0.05) is 27.7 Å². The molecule has 10 heavy (non-hydrogen) atoms. The van der Waals surface area contributed by atoms with Crippen molar-refractivity contribution in [2.75, 3.05) is 13.1 Å². The molecule has 0 unspecified atom stereocenters. The normalized spacial score (nSPS) is 12.0. The molecule has 0 atom stereocenters. The molecule has 0 aromatic heterocycles. The number of hydrogen-bond acceptors (Lipinski definition) is 1. The van der Waals surface area contributed by atoms with Gasteiger partial charge in [0.15, 0.2) is 0 Å². The standard InChI is InChI=1S/C9H21N/c1-5-9(4,6-2)8-10-7-3/h10H,5-8H2,1-4H3. The van der Waals surface area contributed by atoms with E-state index in [2.05, 4.69) is 33.0 Å². The first kappa shape index (κ1) is 9.96. The summed E-state index contributed by atoms with van der Waals surface area (Å²) in [6.45, 7) is 11.3. The van der Waals surface area contributed by atoms with Crippen LogP contribution in [-0.2, 0) is 0 Å². The van der Waals surface area contributed by atoms with E-state index in [4.69, 9.17) is 0 Å². The van der Waals surface area contributed by atoms with E-state index in [-0.39, 0.29) is 0 Å². The van der Waals surface area contributed by atoms with Gasteiger partial charge in [0.25, 0.3) is 0 Å². The maximum atomic E-state index is 3.39. The summed E-state index contributed by atoms with van der Waals surface area (Å²) in [7, 11) is 0. The largest absolute Gasteiger partial charge is 0.316 e. The van der Waals surface area contributed by atoms with Crippen LogP contribution < -0.4 is 5.32 Å². The molecule has 0 saturated carbocycles. The Balaban J connectivity index is 3.58. The van der Waals surface area contributed by atoms with Crippen molar-refractivity contribution in [1.29, 1.82) is 0 Å². The lowest BCUT2D eigenvalue weighted by atomic mass is 9.85. The molecule has 0 amide bonds. The van der Waals surface area contributed by atoms with Crippen molar-refractivity contribution in [3.63, 3.8) is 0 Å². The van der Waals surface area contributed by atoms with Crippen LogP contribution >= 0.6 is 0 Å². The first-order valence-corrected chi connectivity index (χ1v) is 4.39. The topological polar surface area (TPSA) is 12.0 Å². The Hall–Kier alpha value is -0.0400. The molecule has 0 fully saturated rings. The second kappa shape index (κ2) is 4.73. The minimum Gasteiger partial charge on any atom is -0.316 e. The van der Waals surface area contributed by atoms with E-state index in [0.29, 0.717) is 5.41 Å². The van der Waals surface area contributed by atoms with Crippen molar-refractivity contribution in [1.82, 2.24) is 5.32 Å². The van der Waals surface area contributed by atoms with Gasteiger partial charge < -0.3 is 5.32 Å². The fourth-order valence-corrected chi connectivity index (χ4v) is 0.927. The number of hydrogen-bond donors (Lipinski definition) is 1. The third-order valence-corrected chi connectivity index (χ3v) is 2.51. The molecule has 1 nitrogen and oxygen atoms in total. The van der Waals surface area contributed by atoms with Crippen LogP contribution in [0.5, 0.6) is 0 Å². The van der Waals surface area contributed by atoms with Crippen LogP contribution in [0.3, 0.4) is 0 Å². The van der Waals surface area contributed by atoms with Crippen LogP contribution in [0.15, 0.2) is 0 Å². The van der Waals surface area contributed by atoms with Crippen molar-refractivity contribution in [3.8, 4) is 0 Å². The van der Waals surface area contributed by atoms with Crippen LogP contribution in [0.1, 0.15) is 40.5 Å². The van der Waals surface area contributed by atoms with Crippen LogP contribution in [-0.4, -0.2) is 13.1 Å². The maximum Gasteiger partial charge on any atom is 0.000484 e. The Morgan fingerprint density at radius 1 is 1.10 bits per heavy atom. The van der Waals surface area contributed by atoms with Crippen molar-refractivity contribution < 1.29 is 0 Å². The second-order valence-corrected chi connectivity index (χ2v) is 3.30. The van der Waals surface area contributed by atoms with Gasteiger partial charge in [0.2, 0.25) is 0 Å². The fourth-order valence-electron chi connectivity index (χ4n) is 0.927. The van der Waals surface area contributed by atoms with Gasteiger partial charge in [0.05, 0.1) is 0 Å². The van der Waals surface area contributed by atoms with Gasteiger partial charge in [-0.05, 0) is 24.8 Å². The highest BCUT2D eigenvalue weighted by Crippen LogP contribution is 2.23. The smallest absolute Gasteiger partial charge is 0.000484 e. The Bertz CT molecular complexity index is 74.8. The quantitative estimate of drug-likeness (QED) is 0.623. The van der Waals surface area contributed by atoms with E-state index < -0.39 is 0 Å². The molecule has 0 aliphatic heterocycles. The van der Waals surface area contributed by atoms with Gasteiger partial charge in [0, 0.05) is 6.54 Å². The Labute approximate surface area is 65.2 Å². The highest BCUT2D eigenvalue weighted by atomic mass is 14.9. The third-order valence-electron chi connectivity index (χ3n) is 2.51. The molecule has 0 bridgehead atoms. The molecule has 1 heteroatoms. The fraction of sp³-hybridized carbons (Fsp3) is 1.00. The lowest BCUT2D eigenvalue weighted by molar-refractivity contribution is 0.284. The van der Waals surface area contributed by atoms with Gasteiger partial charge in [-0.15, -0.1) is 0 Å². The highest BCUT2D eigenvalue weighted by Gasteiger charge is 2.17. The lowest BCUT2D eigenvalue weighted by Crippen LogP contribution is -2.30. The average molecular weight is 143 g/mol. The van der Waals surface area contributed by atoms with Crippen molar-refractivity contribution >= 4 is 0 Å². The van der Waals surface area contributed by atoms with Crippen molar-refractivity contribution in [2.24, 2.45) is 5.41 Å². The first-order chi connectivity index (χ1) is 4.68. The van der Waals surface area contributed by atoms with Crippen LogP contribution in [0.4, 0.5) is 0 Å². The summed E-state index contributed by atoms with van der Waals surface area (Å²) in [5.41, 5.74) is 0.524. The SMILES string of the molecule is CCNCC(C)(CC)CC. The zero-order chi connectivity index (χ0) is 8.04. The summed E-state index contributed by atoms with van der Waals surface area (Å²) in [5.74, 6) is 0. The molecule has 0 aliphatic rings. The van der Waals surface area contributed by atoms with E-state index in [1.807, 2.05) is 0 Å². The molecule has 0 saturated heterocycles. The van der Waals surface area contributed by atoms with Crippen LogP contribution in [0.2, 0.25) is 0 Å². The summed E-state index contributed by atoms with van der Waals surface area (Å²) in [6, 6.07) is 0. The van der Waals surface area contributed by atoms with Gasteiger partial charge in [-0.2, -0.15) is 0 Å². The maximum absolute atomic E-state index is 3.39. The molecule has 1 N–H and O–H groups in total. The Morgan fingerprint density at radius 3 is 1.90 bits per heavy atom. The Morgan fingerprint density at radius 2 is 1.60 bits per heavy atom. The lowest BCUT2D eigenvalue weighted by Gasteiger charge is -2.26. The third kappa shape index (κ3) is 3.21. The minimum absolute atomic E-state index is 0.524. The predicted octanol–water partition coefficient (Wildman–Crippen LogP) is 2.42. The molecule has 62 valence electrons. The summed E-state index contributed by atoms with van der Waals surface area (Å²) < 4.78 is 0. The number of rotatable bonds is 5. The molecule has 0 radical (unpaired) electrons. The zero-order valence-electron chi connectivity index (χ0n) is 7.83. The van der Waals surface area contributed by atoms with Crippen molar-refractivity contribution in [2.45, 2.75) is 40.5 Å². The molecular formula is C9H21N. The summed E-state index contributed by atoms with van der Waals surface area (Å²) >= 11 is 0. The van der Waals surface area contributed by atoms with Crippen LogP contribution in [0, 0.1) is 5.41 Å². The second-order valence-electron chi connectivity index (χ2n) is 3.30. The Kier molecular flexibility index (Phi) is 4.71. The van der Waals surface area contributed by atoms with Gasteiger partial charge in [-0.25, -0.2) is 0 Å². The zero-order valence-corrected chi connectivity index (χ0v) is 7.83.